The first kappa shape index (κ1) is 17.8. The van der Waals surface area contributed by atoms with Gasteiger partial charge < -0.3 is 9.84 Å². The Morgan fingerprint density at radius 3 is 2.50 bits per heavy atom. The van der Waals surface area contributed by atoms with E-state index in [0.717, 1.165) is 12.1 Å². The molecule has 0 spiro atoms. The van der Waals surface area contributed by atoms with E-state index in [1.165, 1.54) is 22.9 Å². The summed E-state index contributed by atoms with van der Waals surface area (Å²) in [5.74, 6) is -0.273. The molecule has 134 valence electrons. The van der Waals surface area contributed by atoms with E-state index in [2.05, 4.69) is 9.84 Å². The molecular formula is C17H10ClF3N2O3. The number of benzene rings is 2. The van der Waals surface area contributed by atoms with Crippen LogP contribution in [0.15, 0.2) is 54.6 Å². The predicted octanol–water partition coefficient (Wildman–Crippen LogP) is 5.27. The molecule has 0 radical (unpaired) electrons. The molecule has 2 aromatic carbocycles. The van der Waals surface area contributed by atoms with Crippen LogP contribution in [0.2, 0.25) is 5.02 Å². The number of carbonyl (C=O) groups is 1. The highest BCUT2D eigenvalue weighted by Gasteiger charge is 2.30. The molecular weight excluding hydrogens is 373 g/mol. The van der Waals surface area contributed by atoms with Gasteiger partial charge in [-0.1, -0.05) is 29.8 Å². The average molecular weight is 383 g/mol. The summed E-state index contributed by atoms with van der Waals surface area (Å²) in [4.78, 5) is 10.8. The van der Waals surface area contributed by atoms with Gasteiger partial charge in [0, 0.05) is 16.7 Å². The van der Waals surface area contributed by atoms with E-state index < -0.39 is 17.9 Å². The molecule has 0 saturated carbocycles. The molecule has 3 rings (SSSR count). The van der Waals surface area contributed by atoms with Crippen molar-refractivity contribution in [2.24, 2.45) is 0 Å². The van der Waals surface area contributed by atoms with E-state index in [-0.39, 0.29) is 11.6 Å². The summed E-state index contributed by atoms with van der Waals surface area (Å²) in [5.41, 5.74) is 0.0870. The highest BCUT2D eigenvalue weighted by molar-refractivity contribution is 6.30. The number of halogens is 4. The molecule has 26 heavy (non-hydrogen) atoms. The van der Waals surface area contributed by atoms with Crippen LogP contribution in [0.1, 0.15) is 5.56 Å². The summed E-state index contributed by atoms with van der Waals surface area (Å²) in [6.07, 6.45) is -6.11. The standard InChI is InChI=1S/C17H10ClF3N2O3/c18-12-5-1-3-10(7-12)14-9-15(26-16(24)25)22-23(14)13-6-2-4-11(8-13)17(19,20)21/h1-9H,(H,24,25). The number of alkyl halides is 3. The lowest BCUT2D eigenvalue weighted by atomic mass is 10.1. The molecule has 0 unspecified atom stereocenters. The maximum Gasteiger partial charge on any atom is 0.512 e. The van der Waals surface area contributed by atoms with Crippen molar-refractivity contribution in [3.8, 4) is 22.8 Å². The van der Waals surface area contributed by atoms with E-state index in [1.54, 1.807) is 24.3 Å². The Balaban J connectivity index is 2.17. The zero-order valence-electron chi connectivity index (χ0n) is 12.9. The third-order valence-electron chi connectivity index (χ3n) is 3.42. The summed E-state index contributed by atoms with van der Waals surface area (Å²) in [6.45, 7) is 0. The zero-order valence-corrected chi connectivity index (χ0v) is 13.6. The van der Waals surface area contributed by atoms with Crippen molar-refractivity contribution in [1.82, 2.24) is 9.78 Å². The molecule has 0 fully saturated rings. The van der Waals surface area contributed by atoms with Crippen LogP contribution >= 0.6 is 11.6 Å². The van der Waals surface area contributed by atoms with Crippen LogP contribution in [-0.4, -0.2) is 21.0 Å². The highest BCUT2D eigenvalue weighted by atomic mass is 35.5. The summed E-state index contributed by atoms with van der Waals surface area (Å²) < 4.78 is 44.7. The number of hydrogen-bond acceptors (Lipinski definition) is 3. The topological polar surface area (TPSA) is 64.3 Å². The van der Waals surface area contributed by atoms with E-state index in [4.69, 9.17) is 16.7 Å². The summed E-state index contributed by atoms with van der Waals surface area (Å²) in [5, 5.41) is 13.1. The van der Waals surface area contributed by atoms with Crippen molar-refractivity contribution in [2.75, 3.05) is 0 Å². The fourth-order valence-corrected chi connectivity index (χ4v) is 2.55. The molecule has 3 aromatic rings. The lowest BCUT2D eigenvalue weighted by Gasteiger charge is -2.11. The van der Waals surface area contributed by atoms with Crippen molar-refractivity contribution in [3.63, 3.8) is 0 Å². The monoisotopic (exact) mass is 382 g/mol. The van der Waals surface area contributed by atoms with Crippen LogP contribution < -0.4 is 4.74 Å². The number of aromatic nitrogens is 2. The van der Waals surface area contributed by atoms with Gasteiger partial charge in [-0.25, -0.2) is 9.48 Å². The van der Waals surface area contributed by atoms with Crippen LogP contribution in [0.5, 0.6) is 5.88 Å². The molecule has 1 aromatic heterocycles. The zero-order chi connectivity index (χ0) is 18.9. The van der Waals surface area contributed by atoms with Crippen LogP contribution in [-0.2, 0) is 6.18 Å². The van der Waals surface area contributed by atoms with Gasteiger partial charge in [0.05, 0.1) is 16.9 Å². The fraction of sp³-hybridized carbons (Fsp3) is 0.0588. The van der Waals surface area contributed by atoms with Gasteiger partial charge in [-0.2, -0.15) is 13.2 Å². The number of ether oxygens (including phenoxy) is 1. The molecule has 0 aliphatic heterocycles. The lowest BCUT2D eigenvalue weighted by molar-refractivity contribution is -0.137. The first-order valence-corrected chi connectivity index (χ1v) is 7.56. The van der Waals surface area contributed by atoms with Crippen molar-refractivity contribution in [3.05, 3.63) is 65.2 Å². The molecule has 0 bridgehead atoms. The number of nitrogens with zero attached hydrogens (tertiary/aromatic N) is 2. The van der Waals surface area contributed by atoms with Gasteiger partial charge in [0.1, 0.15) is 0 Å². The smallest absolute Gasteiger partial charge is 0.449 e. The van der Waals surface area contributed by atoms with Crippen LogP contribution in [0.25, 0.3) is 16.9 Å². The predicted molar refractivity (Wildman–Crippen MR) is 87.7 cm³/mol. The largest absolute Gasteiger partial charge is 0.512 e. The van der Waals surface area contributed by atoms with Crippen molar-refractivity contribution in [1.29, 1.82) is 0 Å². The Kier molecular flexibility index (Phi) is 4.60. The number of carboxylic acid groups (broad SMARTS) is 1. The second-order valence-electron chi connectivity index (χ2n) is 5.21. The Morgan fingerprint density at radius 2 is 1.85 bits per heavy atom. The molecule has 0 saturated heterocycles. The third kappa shape index (κ3) is 3.80. The molecule has 5 nitrogen and oxygen atoms in total. The summed E-state index contributed by atoms with van der Waals surface area (Å²) >= 11 is 5.97. The van der Waals surface area contributed by atoms with Crippen molar-refractivity contribution in [2.45, 2.75) is 6.18 Å². The quantitative estimate of drug-likeness (QED) is 0.627. The SMILES string of the molecule is O=C(O)Oc1cc(-c2cccc(Cl)c2)n(-c2cccc(C(F)(F)F)c2)n1. The molecule has 9 heteroatoms. The molecule has 0 amide bonds. The maximum absolute atomic E-state index is 13.0. The third-order valence-corrected chi connectivity index (χ3v) is 3.65. The second-order valence-corrected chi connectivity index (χ2v) is 5.64. The summed E-state index contributed by atoms with van der Waals surface area (Å²) in [7, 11) is 0. The van der Waals surface area contributed by atoms with E-state index in [9.17, 15) is 18.0 Å². The Morgan fingerprint density at radius 1 is 1.12 bits per heavy atom. The number of rotatable bonds is 3. The Hall–Kier alpha value is -3.00. The molecule has 0 aliphatic carbocycles. The van der Waals surface area contributed by atoms with Crippen molar-refractivity contribution >= 4 is 17.8 Å². The normalized spacial score (nSPS) is 11.4. The first-order chi connectivity index (χ1) is 12.2. The Bertz CT molecular complexity index is 970. The van der Waals surface area contributed by atoms with E-state index in [1.807, 2.05) is 0 Å². The molecule has 0 aliphatic rings. The van der Waals surface area contributed by atoms with Gasteiger partial charge in [-0.3, -0.25) is 0 Å². The molecule has 1 N–H and O–H groups in total. The number of hydrogen-bond donors (Lipinski definition) is 1. The fourth-order valence-electron chi connectivity index (χ4n) is 2.36. The van der Waals surface area contributed by atoms with E-state index in [0.29, 0.717) is 16.3 Å². The summed E-state index contributed by atoms with van der Waals surface area (Å²) in [6, 6.07) is 12.3. The second kappa shape index (κ2) is 6.72. The van der Waals surface area contributed by atoms with Crippen molar-refractivity contribution < 1.29 is 27.8 Å². The van der Waals surface area contributed by atoms with Crippen LogP contribution in [0, 0.1) is 0 Å². The minimum atomic E-state index is -4.53. The van der Waals surface area contributed by atoms with Crippen LogP contribution in [0.4, 0.5) is 18.0 Å². The Labute approximate surface area is 150 Å². The average Bonchev–Trinajstić information content (AvgIpc) is 2.97. The van der Waals surface area contributed by atoms with Gasteiger partial charge in [-0.05, 0) is 30.3 Å². The minimum Gasteiger partial charge on any atom is -0.449 e. The lowest BCUT2D eigenvalue weighted by Crippen LogP contribution is -2.07. The maximum atomic E-state index is 13.0. The first-order valence-electron chi connectivity index (χ1n) is 7.18. The van der Waals surface area contributed by atoms with Gasteiger partial charge in [-0.15, -0.1) is 5.10 Å². The van der Waals surface area contributed by atoms with Gasteiger partial charge in [0.25, 0.3) is 0 Å². The molecule has 1 heterocycles. The van der Waals surface area contributed by atoms with E-state index >= 15 is 0 Å². The van der Waals surface area contributed by atoms with Crippen LogP contribution in [0.3, 0.4) is 0 Å². The van der Waals surface area contributed by atoms with Gasteiger partial charge >= 0.3 is 12.3 Å². The minimum absolute atomic E-state index is 0.0926. The van der Waals surface area contributed by atoms with Gasteiger partial charge in [0.2, 0.25) is 5.88 Å². The highest BCUT2D eigenvalue weighted by Crippen LogP contribution is 2.33. The molecule has 0 atom stereocenters. The van der Waals surface area contributed by atoms with Gasteiger partial charge in [0.15, 0.2) is 0 Å².